The van der Waals surface area contributed by atoms with Gasteiger partial charge in [0.1, 0.15) is 5.82 Å². The summed E-state index contributed by atoms with van der Waals surface area (Å²) >= 11 is 0. The van der Waals surface area contributed by atoms with Crippen LogP contribution in [0.1, 0.15) is 30.6 Å². The number of anilines is 1. The summed E-state index contributed by atoms with van der Waals surface area (Å²) in [4.78, 5) is 14.3. The summed E-state index contributed by atoms with van der Waals surface area (Å²) in [6.07, 6.45) is 5.21. The Labute approximate surface area is 123 Å². The highest BCUT2D eigenvalue weighted by Gasteiger charge is 2.23. The van der Waals surface area contributed by atoms with Gasteiger partial charge >= 0.3 is 0 Å². The zero-order valence-electron chi connectivity index (χ0n) is 12.1. The van der Waals surface area contributed by atoms with Crippen LogP contribution in [0.5, 0.6) is 0 Å². The number of carbonyl (C=O) groups is 1. The van der Waals surface area contributed by atoms with Crippen molar-refractivity contribution in [2.75, 3.05) is 12.3 Å². The van der Waals surface area contributed by atoms with Crippen LogP contribution in [-0.4, -0.2) is 32.1 Å². The van der Waals surface area contributed by atoms with Gasteiger partial charge in [0.05, 0.1) is 5.69 Å². The van der Waals surface area contributed by atoms with Crippen molar-refractivity contribution in [3.8, 4) is 0 Å². The molecule has 110 valence electrons. The van der Waals surface area contributed by atoms with Crippen LogP contribution in [0.3, 0.4) is 0 Å². The first-order chi connectivity index (χ1) is 10.1. The van der Waals surface area contributed by atoms with Gasteiger partial charge in [-0.2, -0.15) is 5.10 Å². The SMILES string of the molecule is CC(CC(=O)N1CCc2nnc(N)cc2C1)n1cccc1. The molecule has 0 fully saturated rings. The van der Waals surface area contributed by atoms with Crippen LogP contribution in [-0.2, 0) is 17.8 Å². The standard InChI is InChI=1S/C15H19N5O/c1-11(19-5-2-3-6-19)8-15(21)20-7-4-13-12(10-20)9-14(16)18-17-13/h2-3,5-6,9,11H,4,7-8,10H2,1H3,(H2,16,18). The molecule has 2 N–H and O–H groups in total. The summed E-state index contributed by atoms with van der Waals surface area (Å²) in [5, 5.41) is 7.96. The maximum absolute atomic E-state index is 12.4. The lowest BCUT2D eigenvalue weighted by Crippen LogP contribution is -2.37. The van der Waals surface area contributed by atoms with E-state index in [2.05, 4.69) is 21.7 Å². The lowest BCUT2D eigenvalue weighted by atomic mass is 10.1. The van der Waals surface area contributed by atoms with Gasteiger partial charge in [-0.15, -0.1) is 5.10 Å². The topological polar surface area (TPSA) is 77.0 Å². The van der Waals surface area contributed by atoms with Gasteiger partial charge in [0.2, 0.25) is 5.91 Å². The van der Waals surface area contributed by atoms with E-state index in [1.807, 2.05) is 35.5 Å². The number of rotatable bonds is 3. The summed E-state index contributed by atoms with van der Waals surface area (Å²) in [5.74, 6) is 0.570. The number of hydrogen-bond donors (Lipinski definition) is 1. The highest BCUT2D eigenvalue weighted by Crippen LogP contribution is 2.20. The molecular weight excluding hydrogens is 266 g/mol. The Morgan fingerprint density at radius 2 is 2.14 bits per heavy atom. The molecule has 0 saturated carbocycles. The maximum Gasteiger partial charge on any atom is 0.224 e. The monoisotopic (exact) mass is 285 g/mol. The zero-order chi connectivity index (χ0) is 14.8. The van der Waals surface area contributed by atoms with Gasteiger partial charge in [-0.3, -0.25) is 4.79 Å². The van der Waals surface area contributed by atoms with Crippen LogP contribution in [0.4, 0.5) is 5.82 Å². The molecule has 2 aromatic rings. The average Bonchev–Trinajstić information content (AvgIpc) is 3.00. The molecule has 0 radical (unpaired) electrons. The van der Waals surface area contributed by atoms with E-state index in [1.54, 1.807) is 0 Å². The summed E-state index contributed by atoms with van der Waals surface area (Å²) < 4.78 is 2.05. The second kappa shape index (κ2) is 5.55. The van der Waals surface area contributed by atoms with Gasteiger partial charge in [0.15, 0.2) is 0 Å². The number of nitrogens with two attached hydrogens (primary N) is 1. The Hall–Kier alpha value is -2.37. The minimum absolute atomic E-state index is 0.162. The second-order valence-electron chi connectivity index (χ2n) is 5.49. The number of carbonyl (C=O) groups excluding carboxylic acids is 1. The lowest BCUT2D eigenvalue weighted by Gasteiger charge is -2.29. The molecular formula is C15H19N5O. The van der Waals surface area contributed by atoms with Crippen molar-refractivity contribution >= 4 is 11.7 Å². The van der Waals surface area contributed by atoms with E-state index in [0.29, 0.717) is 25.3 Å². The Morgan fingerprint density at radius 3 is 2.90 bits per heavy atom. The Bertz CT molecular complexity index is 638. The number of amides is 1. The fourth-order valence-electron chi connectivity index (χ4n) is 2.69. The van der Waals surface area contributed by atoms with Crippen molar-refractivity contribution in [2.45, 2.75) is 32.4 Å². The molecule has 0 spiro atoms. The third kappa shape index (κ3) is 2.89. The quantitative estimate of drug-likeness (QED) is 0.924. The third-order valence-electron chi connectivity index (χ3n) is 3.92. The summed E-state index contributed by atoms with van der Waals surface area (Å²) in [7, 11) is 0. The molecule has 1 aliphatic rings. The number of aromatic nitrogens is 3. The van der Waals surface area contributed by atoms with Crippen molar-refractivity contribution in [2.24, 2.45) is 0 Å². The number of nitrogen functional groups attached to an aromatic ring is 1. The summed E-state index contributed by atoms with van der Waals surface area (Å²) in [5.41, 5.74) is 7.63. The normalized spacial score (nSPS) is 15.6. The highest BCUT2D eigenvalue weighted by molar-refractivity contribution is 5.77. The summed E-state index contributed by atoms with van der Waals surface area (Å²) in [6.45, 7) is 3.33. The first kappa shape index (κ1) is 13.6. The number of fused-ring (bicyclic) bond motifs is 1. The molecule has 6 heteroatoms. The smallest absolute Gasteiger partial charge is 0.224 e. The molecule has 0 aromatic carbocycles. The maximum atomic E-state index is 12.4. The van der Waals surface area contributed by atoms with Crippen molar-refractivity contribution in [3.05, 3.63) is 41.9 Å². The molecule has 1 aliphatic heterocycles. The molecule has 1 atom stereocenters. The highest BCUT2D eigenvalue weighted by atomic mass is 16.2. The molecule has 2 aromatic heterocycles. The third-order valence-corrected chi connectivity index (χ3v) is 3.92. The van der Waals surface area contributed by atoms with E-state index < -0.39 is 0 Å². The van der Waals surface area contributed by atoms with Crippen LogP contribution in [0.25, 0.3) is 0 Å². The Kier molecular flexibility index (Phi) is 3.60. The first-order valence-corrected chi connectivity index (χ1v) is 7.14. The molecule has 1 unspecified atom stereocenters. The van der Waals surface area contributed by atoms with Gasteiger partial charge < -0.3 is 15.2 Å². The van der Waals surface area contributed by atoms with E-state index in [1.165, 1.54) is 0 Å². The summed E-state index contributed by atoms with van der Waals surface area (Å²) in [6, 6.07) is 5.92. The molecule has 0 bridgehead atoms. The van der Waals surface area contributed by atoms with Gasteiger partial charge in [-0.05, 0) is 30.7 Å². The fourth-order valence-corrected chi connectivity index (χ4v) is 2.69. The molecule has 6 nitrogen and oxygen atoms in total. The largest absolute Gasteiger partial charge is 0.382 e. The molecule has 3 rings (SSSR count). The molecule has 21 heavy (non-hydrogen) atoms. The zero-order valence-corrected chi connectivity index (χ0v) is 12.1. The molecule has 1 amide bonds. The fraction of sp³-hybridized carbons (Fsp3) is 0.400. The van der Waals surface area contributed by atoms with Gasteiger partial charge in [-0.25, -0.2) is 0 Å². The minimum Gasteiger partial charge on any atom is -0.382 e. The lowest BCUT2D eigenvalue weighted by molar-refractivity contribution is -0.132. The van der Waals surface area contributed by atoms with Crippen LogP contribution >= 0.6 is 0 Å². The van der Waals surface area contributed by atoms with Crippen molar-refractivity contribution in [3.63, 3.8) is 0 Å². The van der Waals surface area contributed by atoms with Crippen LogP contribution in [0.15, 0.2) is 30.6 Å². The predicted molar refractivity (Wildman–Crippen MR) is 79.3 cm³/mol. The van der Waals surface area contributed by atoms with Crippen LogP contribution in [0, 0.1) is 0 Å². The van der Waals surface area contributed by atoms with Gasteiger partial charge in [0, 0.05) is 44.4 Å². The van der Waals surface area contributed by atoms with E-state index in [4.69, 9.17) is 5.73 Å². The molecule has 3 heterocycles. The van der Waals surface area contributed by atoms with Gasteiger partial charge in [-0.1, -0.05) is 0 Å². The van der Waals surface area contributed by atoms with Crippen LogP contribution in [0.2, 0.25) is 0 Å². The predicted octanol–water partition coefficient (Wildman–Crippen LogP) is 1.40. The average molecular weight is 285 g/mol. The van der Waals surface area contributed by atoms with Crippen molar-refractivity contribution < 1.29 is 4.79 Å². The van der Waals surface area contributed by atoms with Crippen molar-refractivity contribution in [1.82, 2.24) is 19.7 Å². The minimum atomic E-state index is 0.162. The van der Waals surface area contributed by atoms with Crippen LogP contribution < -0.4 is 5.73 Å². The molecule has 0 aliphatic carbocycles. The number of nitrogens with zero attached hydrogens (tertiary/aromatic N) is 4. The van der Waals surface area contributed by atoms with Gasteiger partial charge in [0.25, 0.3) is 0 Å². The second-order valence-corrected chi connectivity index (χ2v) is 5.49. The Morgan fingerprint density at radius 1 is 1.38 bits per heavy atom. The van der Waals surface area contributed by atoms with E-state index in [9.17, 15) is 4.79 Å². The van der Waals surface area contributed by atoms with E-state index in [-0.39, 0.29) is 11.9 Å². The number of hydrogen-bond acceptors (Lipinski definition) is 4. The van der Waals surface area contributed by atoms with E-state index >= 15 is 0 Å². The molecule has 0 saturated heterocycles. The first-order valence-electron chi connectivity index (χ1n) is 7.14. The van der Waals surface area contributed by atoms with Crippen molar-refractivity contribution in [1.29, 1.82) is 0 Å². The van der Waals surface area contributed by atoms with E-state index in [0.717, 1.165) is 17.7 Å². The Balaban J connectivity index is 1.67.